The van der Waals surface area contributed by atoms with Crippen LogP contribution >= 0.6 is 0 Å². The number of likely N-dealkylation sites (N-methyl/N-ethyl adjacent to an activating group) is 1. The van der Waals surface area contributed by atoms with Crippen LogP contribution in [0.3, 0.4) is 0 Å². The summed E-state index contributed by atoms with van der Waals surface area (Å²) in [7, 11) is 4.12. The van der Waals surface area contributed by atoms with E-state index >= 15 is 0 Å². The van der Waals surface area contributed by atoms with Gasteiger partial charge < -0.3 is 19.4 Å². The quantitative estimate of drug-likeness (QED) is 0.769. The van der Waals surface area contributed by atoms with Crippen LogP contribution in [0.15, 0.2) is 42.9 Å². The van der Waals surface area contributed by atoms with Gasteiger partial charge in [-0.3, -0.25) is 4.79 Å². The van der Waals surface area contributed by atoms with Gasteiger partial charge >= 0.3 is 0 Å². The summed E-state index contributed by atoms with van der Waals surface area (Å²) in [5.41, 5.74) is 1.84. The highest BCUT2D eigenvalue weighted by atomic mass is 16.1. The van der Waals surface area contributed by atoms with Gasteiger partial charge in [-0.1, -0.05) is 18.2 Å². The third-order valence-corrected chi connectivity index (χ3v) is 5.08. The van der Waals surface area contributed by atoms with E-state index in [1.54, 1.807) is 0 Å². The molecule has 1 N–H and O–H groups in total. The van der Waals surface area contributed by atoms with Gasteiger partial charge in [0.1, 0.15) is 5.82 Å². The standard InChI is InChI=1S/C20H25N5O/c1-23(2)12-13-25-14-16(15-6-3-4-8-18(15)25)20(26)22-17-7-5-10-24-11-9-21-19(17)24/h3-4,6,8-9,11,14,17H,5,7,10,12-13H2,1-2H3,(H,22,26). The molecule has 136 valence electrons. The van der Waals surface area contributed by atoms with E-state index < -0.39 is 0 Å². The van der Waals surface area contributed by atoms with Gasteiger partial charge in [-0.15, -0.1) is 0 Å². The number of amides is 1. The summed E-state index contributed by atoms with van der Waals surface area (Å²) in [5, 5.41) is 4.20. The van der Waals surface area contributed by atoms with Crippen LogP contribution in [-0.2, 0) is 13.1 Å². The maximum Gasteiger partial charge on any atom is 0.254 e. The van der Waals surface area contributed by atoms with Crippen molar-refractivity contribution in [3.05, 3.63) is 54.2 Å². The molecule has 0 fully saturated rings. The number of nitrogens with zero attached hydrogens (tertiary/aromatic N) is 4. The molecule has 1 unspecified atom stereocenters. The monoisotopic (exact) mass is 351 g/mol. The molecular weight excluding hydrogens is 326 g/mol. The molecule has 6 heteroatoms. The van der Waals surface area contributed by atoms with Crippen molar-refractivity contribution < 1.29 is 4.79 Å². The number of fused-ring (bicyclic) bond motifs is 2. The molecule has 6 nitrogen and oxygen atoms in total. The molecule has 1 aliphatic heterocycles. The van der Waals surface area contributed by atoms with E-state index in [-0.39, 0.29) is 11.9 Å². The van der Waals surface area contributed by atoms with E-state index in [0.29, 0.717) is 0 Å². The van der Waals surface area contributed by atoms with Crippen LogP contribution in [0.5, 0.6) is 0 Å². The van der Waals surface area contributed by atoms with Crippen LogP contribution in [0.1, 0.15) is 35.1 Å². The first kappa shape index (κ1) is 16.8. The van der Waals surface area contributed by atoms with E-state index in [1.165, 1.54) is 0 Å². The van der Waals surface area contributed by atoms with Crippen molar-refractivity contribution in [2.45, 2.75) is 32.0 Å². The molecule has 4 rings (SSSR count). The summed E-state index contributed by atoms with van der Waals surface area (Å²) in [6, 6.07) is 8.10. The van der Waals surface area contributed by atoms with Gasteiger partial charge in [0, 0.05) is 49.1 Å². The van der Waals surface area contributed by atoms with Crippen molar-refractivity contribution in [1.29, 1.82) is 0 Å². The van der Waals surface area contributed by atoms with Crippen LogP contribution in [-0.4, -0.2) is 45.6 Å². The Morgan fingerprint density at radius 2 is 2.19 bits per heavy atom. The SMILES string of the molecule is CN(C)CCn1cc(C(=O)NC2CCCn3ccnc32)c2ccccc21. The molecule has 0 radical (unpaired) electrons. The van der Waals surface area contributed by atoms with Crippen molar-refractivity contribution in [2.75, 3.05) is 20.6 Å². The molecule has 2 aromatic heterocycles. The Bertz CT molecular complexity index is 923. The van der Waals surface area contributed by atoms with Crippen LogP contribution in [0.25, 0.3) is 10.9 Å². The summed E-state index contributed by atoms with van der Waals surface area (Å²) in [4.78, 5) is 19.6. The second-order valence-corrected chi connectivity index (χ2v) is 7.20. The molecular formula is C20H25N5O. The molecule has 3 aromatic rings. The summed E-state index contributed by atoms with van der Waals surface area (Å²) in [6.45, 7) is 2.76. The summed E-state index contributed by atoms with van der Waals surface area (Å²) in [6.07, 6.45) is 7.77. The molecule has 1 amide bonds. The number of imidazole rings is 1. The fourth-order valence-electron chi connectivity index (χ4n) is 3.71. The van der Waals surface area contributed by atoms with Crippen molar-refractivity contribution in [1.82, 2.24) is 24.3 Å². The van der Waals surface area contributed by atoms with E-state index in [2.05, 4.69) is 44.5 Å². The highest BCUT2D eigenvalue weighted by Crippen LogP contribution is 2.26. The van der Waals surface area contributed by atoms with Crippen LogP contribution < -0.4 is 5.32 Å². The number of hydrogen-bond donors (Lipinski definition) is 1. The number of hydrogen-bond acceptors (Lipinski definition) is 3. The average molecular weight is 351 g/mol. The van der Waals surface area contributed by atoms with E-state index in [4.69, 9.17) is 0 Å². The highest BCUT2D eigenvalue weighted by Gasteiger charge is 2.25. The summed E-state index contributed by atoms with van der Waals surface area (Å²) in [5.74, 6) is 0.937. The number of aryl methyl sites for hydroxylation is 1. The Balaban J connectivity index is 1.61. The zero-order valence-electron chi connectivity index (χ0n) is 15.4. The lowest BCUT2D eigenvalue weighted by molar-refractivity contribution is 0.0929. The normalized spacial score (nSPS) is 16.8. The van der Waals surface area contributed by atoms with Gasteiger partial charge in [0.05, 0.1) is 11.6 Å². The van der Waals surface area contributed by atoms with Gasteiger partial charge in [-0.05, 0) is 33.0 Å². The molecule has 1 aliphatic rings. The predicted molar refractivity (Wildman–Crippen MR) is 102 cm³/mol. The smallest absolute Gasteiger partial charge is 0.254 e. The lowest BCUT2D eigenvalue weighted by Gasteiger charge is -2.24. The Hall–Kier alpha value is -2.60. The minimum atomic E-state index is -0.0220. The van der Waals surface area contributed by atoms with E-state index in [9.17, 15) is 4.79 Å². The summed E-state index contributed by atoms with van der Waals surface area (Å²) >= 11 is 0. The fourth-order valence-corrected chi connectivity index (χ4v) is 3.71. The lowest BCUT2D eigenvalue weighted by Crippen LogP contribution is -2.32. The Morgan fingerprint density at radius 3 is 3.04 bits per heavy atom. The second-order valence-electron chi connectivity index (χ2n) is 7.20. The molecule has 1 atom stereocenters. The number of benzene rings is 1. The Morgan fingerprint density at radius 1 is 1.35 bits per heavy atom. The molecule has 26 heavy (non-hydrogen) atoms. The van der Waals surface area contributed by atoms with Crippen molar-refractivity contribution in [2.24, 2.45) is 0 Å². The predicted octanol–water partition coefficient (Wildman–Crippen LogP) is 2.66. The minimum absolute atomic E-state index is 0.0184. The first-order valence-electron chi connectivity index (χ1n) is 9.18. The zero-order chi connectivity index (χ0) is 18.1. The number of nitrogens with one attached hydrogen (secondary N) is 1. The molecule has 3 heterocycles. The Kier molecular flexibility index (Phi) is 4.51. The maximum absolute atomic E-state index is 13.0. The molecule has 0 aliphatic carbocycles. The number of para-hydroxylation sites is 1. The highest BCUT2D eigenvalue weighted by molar-refractivity contribution is 6.07. The molecule has 0 saturated heterocycles. The zero-order valence-corrected chi connectivity index (χ0v) is 15.4. The molecule has 0 spiro atoms. The number of rotatable bonds is 5. The summed E-state index contributed by atoms with van der Waals surface area (Å²) < 4.78 is 4.31. The molecule has 0 bridgehead atoms. The van der Waals surface area contributed by atoms with Crippen molar-refractivity contribution >= 4 is 16.8 Å². The maximum atomic E-state index is 13.0. The van der Waals surface area contributed by atoms with Crippen molar-refractivity contribution in [3.8, 4) is 0 Å². The van der Waals surface area contributed by atoms with Crippen LogP contribution in [0, 0.1) is 0 Å². The lowest BCUT2D eigenvalue weighted by atomic mass is 10.1. The first-order valence-corrected chi connectivity index (χ1v) is 9.18. The Labute approximate surface area is 153 Å². The minimum Gasteiger partial charge on any atom is -0.345 e. The van der Waals surface area contributed by atoms with Gasteiger partial charge in [0.15, 0.2) is 0 Å². The van der Waals surface area contributed by atoms with E-state index in [0.717, 1.165) is 54.8 Å². The second kappa shape index (κ2) is 6.96. The first-order chi connectivity index (χ1) is 12.6. The van der Waals surface area contributed by atoms with Gasteiger partial charge in [-0.2, -0.15) is 0 Å². The van der Waals surface area contributed by atoms with Gasteiger partial charge in [0.2, 0.25) is 0 Å². The van der Waals surface area contributed by atoms with E-state index in [1.807, 2.05) is 36.8 Å². The molecule has 1 aromatic carbocycles. The number of carbonyl (C=O) groups excluding carboxylic acids is 1. The average Bonchev–Trinajstić information content (AvgIpc) is 3.25. The largest absolute Gasteiger partial charge is 0.345 e. The number of carbonyl (C=O) groups is 1. The van der Waals surface area contributed by atoms with Gasteiger partial charge in [-0.25, -0.2) is 4.98 Å². The third kappa shape index (κ3) is 3.12. The van der Waals surface area contributed by atoms with Crippen molar-refractivity contribution in [3.63, 3.8) is 0 Å². The van der Waals surface area contributed by atoms with Gasteiger partial charge in [0.25, 0.3) is 5.91 Å². The fraction of sp³-hybridized carbons (Fsp3) is 0.400. The molecule has 0 saturated carbocycles. The van der Waals surface area contributed by atoms with Crippen LogP contribution in [0.2, 0.25) is 0 Å². The number of aromatic nitrogens is 3. The topological polar surface area (TPSA) is 55.1 Å². The third-order valence-electron chi connectivity index (χ3n) is 5.08. The van der Waals surface area contributed by atoms with Crippen LogP contribution in [0.4, 0.5) is 0 Å².